The minimum absolute atomic E-state index is 0.0905. The molecule has 0 saturated carbocycles. The number of hydrogen-bond donors (Lipinski definition) is 2. The first-order valence-electron chi connectivity index (χ1n) is 9.24. The second-order valence-corrected chi connectivity index (χ2v) is 8.14. The standard InChI is InChI=1S/C21H20N4O3/c1-21(2)10-14-17(15(27)11-21)18(12-5-3-6-13(26)9-12)25-20(22-14)23-19(24-25)16-7-4-8-28-16/h3-9,18,26H,10-11H2,1-2H3,(H,22,23,24). The molecular formula is C21H20N4O3. The van der Waals surface area contributed by atoms with Crippen molar-refractivity contribution in [3.8, 4) is 17.3 Å². The summed E-state index contributed by atoms with van der Waals surface area (Å²) in [4.78, 5) is 17.7. The van der Waals surface area contributed by atoms with Crippen LogP contribution in [-0.2, 0) is 4.79 Å². The minimum Gasteiger partial charge on any atom is -0.508 e. The van der Waals surface area contributed by atoms with Crippen LogP contribution in [0.15, 0.2) is 58.3 Å². The Labute approximate surface area is 161 Å². The number of anilines is 1. The van der Waals surface area contributed by atoms with E-state index in [1.165, 1.54) is 0 Å². The molecule has 142 valence electrons. The van der Waals surface area contributed by atoms with Crippen molar-refractivity contribution >= 4 is 11.7 Å². The summed E-state index contributed by atoms with van der Waals surface area (Å²) in [7, 11) is 0. The molecule has 2 N–H and O–H groups in total. The number of fused-ring (bicyclic) bond motifs is 1. The molecule has 28 heavy (non-hydrogen) atoms. The number of nitrogens with zero attached hydrogens (tertiary/aromatic N) is 3. The molecule has 3 aromatic rings. The highest BCUT2D eigenvalue weighted by molar-refractivity contribution is 6.00. The van der Waals surface area contributed by atoms with Gasteiger partial charge in [0.15, 0.2) is 11.5 Å². The molecule has 2 aliphatic rings. The van der Waals surface area contributed by atoms with E-state index >= 15 is 0 Å². The number of nitrogens with one attached hydrogen (secondary N) is 1. The topological polar surface area (TPSA) is 93.2 Å². The fourth-order valence-electron chi connectivity index (χ4n) is 4.12. The zero-order valence-electron chi connectivity index (χ0n) is 15.6. The van der Waals surface area contributed by atoms with Gasteiger partial charge in [-0.3, -0.25) is 4.79 Å². The Morgan fingerprint density at radius 1 is 1.25 bits per heavy atom. The highest BCUT2D eigenvalue weighted by Gasteiger charge is 2.42. The number of phenols is 1. The van der Waals surface area contributed by atoms with Gasteiger partial charge in [0.05, 0.1) is 6.26 Å². The number of aromatic hydroxyl groups is 1. The molecule has 1 aliphatic heterocycles. The van der Waals surface area contributed by atoms with Crippen LogP contribution in [0.2, 0.25) is 0 Å². The van der Waals surface area contributed by atoms with Crippen LogP contribution in [0.25, 0.3) is 11.6 Å². The molecule has 0 amide bonds. The number of carbonyl (C=O) groups excluding carboxylic acids is 1. The fourth-order valence-corrected chi connectivity index (χ4v) is 4.12. The maximum atomic E-state index is 13.1. The zero-order valence-corrected chi connectivity index (χ0v) is 15.6. The molecular weight excluding hydrogens is 356 g/mol. The van der Waals surface area contributed by atoms with Crippen LogP contribution in [0.4, 0.5) is 5.95 Å². The summed E-state index contributed by atoms with van der Waals surface area (Å²) in [6.07, 6.45) is 2.79. The monoisotopic (exact) mass is 376 g/mol. The number of ketones is 1. The van der Waals surface area contributed by atoms with E-state index in [1.807, 2.05) is 6.07 Å². The molecule has 1 aromatic carbocycles. The van der Waals surface area contributed by atoms with Crippen LogP contribution in [0.1, 0.15) is 38.3 Å². The van der Waals surface area contributed by atoms with Crippen molar-refractivity contribution in [2.45, 2.75) is 32.7 Å². The molecule has 7 nitrogen and oxygen atoms in total. The van der Waals surface area contributed by atoms with Gasteiger partial charge >= 0.3 is 0 Å². The zero-order chi connectivity index (χ0) is 19.5. The van der Waals surface area contributed by atoms with E-state index in [1.54, 1.807) is 41.3 Å². The molecule has 7 heteroatoms. The first-order chi connectivity index (χ1) is 13.4. The van der Waals surface area contributed by atoms with E-state index in [2.05, 4.69) is 29.2 Å². The molecule has 5 rings (SSSR count). The largest absolute Gasteiger partial charge is 0.508 e. The number of phenolic OH excluding ortho intramolecular Hbond substituents is 1. The van der Waals surface area contributed by atoms with Crippen molar-refractivity contribution in [3.05, 3.63) is 59.5 Å². The maximum Gasteiger partial charge on any atom is 0.227 e. The van der Waals surface area contributed by atoms with Crippen LogP contribution in [0.3, 0.4) is 0 Å². The van der Waals surface area contributed by atoms with Crippen LogP contribution in [-0.4, -0.2) is 25.7 Å². The van der Waals surface area contributed by atoms with Crippen LogP contribution in [0.5, 0.6) is 5.75 Å². The van der Waals surface area contributed by atoms with Crippen molar-refractivity contribution < 1.29 is 14.3 Å². The lowest BCUT2D eigenvalue weighted by Crippen LogP contribution is -2.36. The van der Waals surface area contributed by atoms with Gasteiger partial charge in [-0.25, -0.2) is 4.68 Å². The summed E-state index contributed by atoms with van der Waals surface area (Å²) in [5, 5.41) is 18.0. The summed E-state index contributed by atoms with van der Waals surface area (Å²) < 4.78 is 7.15. The molecule has 1 atom stereocenters. The van der Waals surface area contributed by atoms with Gasteiger partial charge in [-0.2, -0.15) is 4.98 Å². The van der Waals surface area contributed by atoms with Crippen LogP contribution < -0.4 is 5.32 Å². The molecule has 2 aromatic heterocycles. The Kier molecular flexibility index (Phi) is 3.49. The van der Waals surface area contributed by atoms with Crippen molar-refractivity contribution in [2.75, 3.05) is 5.32 Å². The maximum absolute atomic E-state index is 13.1. The Morgan fingerprint density at radius 2 is 2.11 bits per heavy atom. The lowest BCUT2D eigenvalue weighted by atomic mass is 9.73. The van der Waals surface area contributed by atoms with Crippen molar-refractivity contribution in [2.24, 2.45) is 5.41 Å². The van der Waals surface area contributed by atoms with Gasteiger partial charge in [-0.05, 0) is 41.7 Å². The summed E-state index contributed by atoms with van der Waals surface area (Å²) in [6.45, 7) is 4.18. The van der Waals surface area contributed by atoms with Gasteiger partial charge in [0, 0.05) is 17.7 Å². The second kappa shape index (κ2) is 5.82. The molecule has 0 saturated heterocycles. The quantitative estimate of drug-likeness (QED) is 0.705. The van der Waals surface area contributed by atoms with Crippen LogP contribution >= 0.6 is 0 Å². The third-order valence-corrected chi connectivity index (χ3v) is 5.26. The van der Waals surface area contributed by atoms with Gasteiger partial charge in [0.25, 0.3) is 0 Å². The lowest BCUT2D eigenvalue weighted by Gasteiger charge is -2.38. The number of hydrogen-bond acceptors (Lipinski definition) is 6. The average molecular weight is 376 g/mol. The summed E-state index contributed by atoms with van der Waals surface area (Å²) >= 11 is 0. The normalized spacial score (nSPS) is 20.5. The average Bonchev–Trinajstić information content (AvgIpc) is 3.28. The Morgan fingerprint density at radius 3 is 2.86 bits per heavy atom. The number of benzene rings is 1. The number of allylic oxidation sites excluding steroid dienone is 2. The SMILES string of the molecule is CC1(C)CC(=O)C2=C(C1)Nc1nc(-c3ccco3)nn1C2c1cccc(O)c1. The third kappa shape index (κ3) is 2.62. The highest BCUT2D eigenvalue weighted by Crippen LogP contribution is 2.45. The van der Waals surface area contributed by atoms with Gasteiger partial charge in [0.1, 0.15) is 11.8 Å². The first-order valence-corrected chi connectivity index (χ1v) is 9.24. The van der Waals surface area contributed by atoms with Gasteiger partial charge in [-0.15, -0.1) is 5.10 Å². The van der Waals surface area contributed by atoms with Crippen LogP contribution in [0, 0.1) is 5.41 Å². The van der Waals surface area contributed by atoms with Gasteiger partial charge < -0.3 is 14.8 Å². The Balaban J connectivity index is 1.71. The fraction of sp³-hybridized carbons (Fsp3) is 0.286. The second-order valence-electron chi connectivity index (χ2n) is 8.14. The number of furan rings is 1. The minimum atomic E-state index is -0.446. The summed E-state index contributed by atoms with van der Waals surface area (Å²) in [5.41, 5.74) is 2.23. The molecule has 0 radical (unpaired) electrons. The molecule has 1 unspecified atom stereocenters. The summed E-state index contributed by atoms with van der Waals surface area (Å²) in [6, 6.07) is 10.1. The van der Waals surface area contributed by atoms with E-state index in [9.17, 15) is 9.90 Å². The predicted molar refractivity (Wildman–Crippen MR) is 103 cm³/mol. The predicted octanol–water partition coefficient (Wildman–Crippen LogP) is 3.90. The first kappa shape index (κ1) is 16.8. The molecule has 0 fully saturated rings. The van der Waals surface area contributed by atoms with E-state index in [-0.39, 0.29) is 16.9 Å². The molecule has 1 aliphatic carbocycles. The lowest BCUT2D eigenvalue weighted by molar-refractivity contribution is -0.118. The number of carbonyl (C=O) groups is 1. The number of rotatable bonds is 2. The van der Waals surface area contributed by atoms with Crippen molar-refractivity contribution in [1.82, 2.24) is 14.8 Å². The van der Waals surface area contributed by atoms with Crippen molar-refractivity contribution in [1.29, 1.82) is 0 Å². The molecule has 0 bridgehead atoms. The van der Waals surface area contributed by atoms with Gasteiger partial charge in [-0.1, -0.05) is 26.0 Å². The third-order valence-electron chi connectivity index (χ3n) is 5.26. The number of Topliss-reactive ketones (excluding diaryl/α,β-unsaturated/α-hetero) is 1. The highest BCUT2D eigenvalue weighted by atomic mass is 16.3. The smallest absolute Gasteiger partial charge is 0.227 e. The Bertz CT molecular complexity index is 1110. The van der Waals surface area contributed by atoms with Gasteiger partial charge in [0.2, 0.25) is 11.8 Å². The van der Waals surface area contributed by atoms with Crippen molar-refractivity contribution in [3.63, 3.8) is 0 Å². The van der Waals surface area contributed by atoms with E-state index in [0.717, 1.165) is 17.7 Å². The Hall–Kier alpha value is -3.35. The number of aromatic nitrogens is 3. The van der Waals surface area contributed by atoms with E-state index in [0.29, 0.717) is 29.5 Å². The van der Waals surface area contributed by atoms with E-state index in [4.69, 9.17) is 4.42 Å². The summed E-state index contributed by atoms with van der Waals surface area (Å²) in [5.74, 6) is 1.80. The van der Waals surface area contributed by atoms with E-state index < -0.39 is 6.04 Å². The molecule has 0 spiro atoms. The molecule has 3 heterocycles.